The van der Waals surface area contributed by atoms with Gasteiger partial charge < -0.3 is 5.11 Å². The molecule has 0 spiro atoms. The number of imidazole rings is 1. The summed E-state index contributed by atoms with van der Waals surface area (Å²) in [6, 6.07) is 70.7. The maximum atomic E-state index is 11.4. The fourth-order valence-electron chi connectivity index (χ4n) is 8.29. The van der Waals surface area contributed by atoms with Gasteiger partial charge in [-0.2, -0.15) is 0 Å². The van der Waals surface area contributed by atoms with Crippen LogP contribution in [0, 0.1) is 0 Å². The van der Waals surface area contributed by atoms with E-state index < -0.39 is 5.89 Å². The van der Waals surface area contributed by atoms with Crippen LogP contribution in [0.15, 0.2) is 212 Å². The monoisotopic (exact) mass is 786 g/mol. The lowest BCUT2D eigenvalue weighted by molar-refractivity contribution is 0.477. The Morgan fingerprint density at radius 3 is 1.72 bits per heavy atom. The summed E-state index contributed by atoms with van der Waals surface area (Å²) in [5, 5.41) is 11.4. The summed E-state index contributed by atoms with van der Waals surface area (Å²) in [7, 11) is 0. The topological polar surface area (TPSA) is 50.9 Å². The summed E-state index contributed by atoms with van der Waals surface area (Å²) in [5.41, 5.74) is 16.6. The number of nitrogens with zero attached hydrogens (tertiary/aromatic N) is 3. The van der Waals surface area contributed by atoms with Gasteiger partial charge in [0.05, 0.1) is 28.0 Å². The van der Waals surface area contributed by atoms with Crippen LogP contribution in [0.1, 0.15) is 26.7 Å². The summed E-state index contributed by atoms with van der Waals surface area (Å²) in [6.07, 6.45) is 1.89. The molecule has 10 aromatic rings. The van der Waals surface area contributed by atoms with E-state index in [2.05, 4.69) is 150 Å². The third-order valence-electron chi connectivity index (χ3n) is 11.5. The van der Waals surface area contributed by atoms with Crippen molar-refractivity contribution in [3.05, 3.63) is 218 Å². The average Bonchev–Trinajstić information content (AvgIpc) is 3.71. The minimum Gasteiger partial charge on any atom is -0.507 e. The first kappa shape index (κ1) is 36.3. The van der Waals surface area contributed by atoms with E-state index in [0.717, 1.165) is 78.0 Å². The summed E-state index contributed by atoms with van der Waals surface area (Å²) in [5.74, 6) is -0.0483. The number of rotatable bonds is 9. The number of fused-ring (bicyclic) bond motifs is 1. The van der Waals surface area contributed by atoms with Crippen LogP contribution in [0.4, 0.5) is 0 Å². The van der Waals surface area contributed by atoms with Crippen LogP contribution in [0.2, 0.25) is 0 Å². The molecule has 1 N–H and O–H groups in total. The SMILES string of the molecule is [2H]C(C)(C)c1ccc(-n2c(-c3ccccc3O)nc3c(-c4cc(-c5ccccc5)cc(-c5cc(-c6ccc(-c7ccccc7)cc6)ccn5)c4)cccc32)c(-c2ccccc2)c1. The van der Waals surface area contributed by atoms with Crippen LogP contribution in [-0.2, 0) is 0 Å². The Kier molecular flexibility index (Phi) is 9.57. The van der Waals surface area contributed by atoms with Gasteiger partial charge in [0.2, 0.25) is 0 Å². The molecule has 0 aliphatic rings. The predicted octanol–water partition coefficient (Wildman–Crippen LogP) is 14.9. The molecule has 10 rings (SSSR count). The molecular formula is C57H43N3O. The van der Waals surface area contributed by atoms with Gasteiger partial charge in [-0.05, 0) is 117 Å². The number of aromatic hydroxyl groups is 1. The molecule has 0 aliphatic carbocycles. The quantitative estimate of drug-likeness (QED) is 0.159. The first-order chi connectivity index (χ1) is 30.3. The molecule has 292 valence electrons. The van der Waals surface area contributed by atoms with E-state index in [1.54, 1.807) is 6.07 Å². The Morgan fingerprint density at radius 2 is 1.03 bits per heavy atom. The van der Waals surface area contributed by atoms with Crippen molar-refractivity contribution < 1.29 is 6.48 Å². The molecule has 4 nitrogen and oxygen atoms in total. The van der Waals surface area contributed by atoms with Gasteiger partial charge in [0.15, 0.2) is 0 Å². The average molecular weight is 787 g/mol. The van der Waals surface area contributed by atoms with Crippen LogP contribution in [0.3, 0.4) is 0 Å². The molecule has 0 saturated carbocycles. The summed E-state index contributed by atoms with van der Waals surface area (Å²) < 4.78 is 11.1. The van der Waals surface area contributed by atoms with Gasteiger partial charge in [-0.15, -0.1) is 0 Å². The molecule has 0 radical (unpaired) electrons. The van der Waals surface area contributed by atoms with Gasteiger partial charge in [-0.1, -0.05) is 159 Å². The van der Waals surface area contributed by atoms with Crippen molar-refractivity contribution in [2.75, 3.05) is 0 Å². The third-order valence-corrected chi connectivity index (χ3v) is 11.5. The van der Waals surface area contributed by atoms with Crippen LogP contribution in [0.25, 0.3) is 95.0 Å². The number of phenolic OH excluding ortho intramolecular Hbond substituents is 1. The number of para-hydroxylation sites is 2. The van der Waals surface area contributed by atoms with E-state index >= 15 is 0 Å². The molecule has 0 atom stereocenters. The maximum Gasteiger partial charge on any atom is 0.149 e. The van der Waals surface area contributed by atoms with Crippen molar-refractivity contribution in [1.29, 1.82) is 0 Å². The van der Waals surface area contributed by atoms with Crippen molar-refractivity contribution in [3.63, 3.8) is 0 Å². The van der Waals surface area contributed by atoms with E-state index in [0.29, 0.717) is 11.4 Å². The molecule has 0 fully saturated rings. The van der Waals surface area contributed by atoms with Gasteiger partial charge in [0.25, 0.3) is 0 Å². The largest absolute Gasteiger partial charge is 0.507 e. The molecule has 0 unspecified atom stereocenters. The third kappa shape index (κ3) is 7.30. The Morgan fingerprint density at radius 1 is 0.459 bits per heavy atom. The van der Waals surface area contributed by atoms with E-state index in [4.69, 9.17) is 11.3 Å². The van der Waals surface area contributed by atoms with E-state index in [9.17, 15) is 5.11 Å². The van der Waals surface area contributed by atoms with E-state index in [1.165, 1.54) is 11.1 Å². The normalized spacial score (nSPS) is 11.7. The highest BCUT2D eigenvalue weighted by Crippen LogP contribution is 2.42. The van der Waals surface area contributed by atoms with Gasteiger partial charge in [0.1, 0.15) is 11.6 Å². The summed E-state index contributed by atoms with van der Waals surface area (Å²) >= 11 is 0. The zero-order valence-corrected chi connectivity index (χ0v) is 34.0. The molecule has 0 saturated heterocycles. The van der Waals surface area contributed by atoms with E-state index in [1.807, 2.05) is 74.6 Å². The molecule has 4 heteroatoms. The van der Waals surface area contributed by atoms with Crippen LogP contribution in [-0.4, -0.2) is 19.6 Å². The van der Waals surface area contributed by atoms with Crippen LogP contribution in [0.5, 0.6) is 5.75 Å². The Labute approximate surface area is 358 Å². The molecule has 2 heterocycles. The second-order valence-electron chi connectivity index (χ2n) is 15.6. The van der Waals surface area contributed by atoms with Gasteiger partial charge >= 0.3 is 0 Å². The van der Waals surface area contributed by atoms with Gasteiger partial charge in [-0.25, -0.2) is 4.98 Å². The molecule has 0 aliphatic heterocycles. The van der Waals surface area contributed by atoms with Crippen LogP contribution < -0.4 is 0 Å². The first-order valence-corrected chi connectivity index (χ1v) is 20.6. The number of phenols is 1. The first-order valence-electron chi connectivity index (χ1n) is 21.1. The lowest BCUT2D eigenvalue weighted by Gasteiger charge is -2.18. The number of aromatic nitrogens is 3. The van der Waals surface area contributed by atoms with Crippen molar-refractivity contribution in [2.45, 2.75) is 19.7 Å². The lowest BCUT2D eigenvalue weighted by atomic mass is 9.93. The predicted molar refractivity (Wildman–Crippen MR) is 253 cm³/mol. The number of hydrogen-bond acceptors (Lipinski definition) is 3. The lowest BCUT2D eigenvalue weighted by Crippen LogP contribution is -2.02. The van der Waals surface area contributed by atoms with E-state index in [-0.39, 0.29) is 5.75 Å². The van der Waals surface area contributed by atoms with Gasteiger partial charge in [0, 0.05) is 24.3 Å². The second-order valence-corrected chi connectivity index (χ2v) is 15.6. The highest BCUT2D eigenvalue weighted by atomic mass is 16.3. The standard InChI is InChI=1S/C57H43N3O/c1-38(2)44-29-30-53(51(36-44)43-19-10-5-11-20-43)60-54-23-14-22-49(56(54)59-57(60)50-21-12-13-24-55(50)61)47-33-46(40-17-8-4-9-18-40)34-48(35-47)52-37-45(31-32-58-52)42-27-25-41(26-28-42)39-15-6-3-7-16-39/h3-38,61H,1-2H3/i38D. The minimum atomic E-state index is -0.810. The fourth-order valence-corrected chi connectivity index (χ4v) is 8.29. The zero-order valence-electron chi connectivity index (χ0n) is 35.0. The number of pyridine rings is 1. The Bertz CT molecular complexity index is 3210. The summed E-state index contributed by atoms with van der Waals surface area (Å²) in [6.45, 7) is 3.83. The van der Waals surface area contributed by atoms with Crippen LogP contribution >= 0.6 is 0 Å². The van der Waals surface area contributed by atoms with Crippen molar-refractivity contribution in [1.82, 2.24) is 14.5 Å². The van der Waals surface area contributed by atoms with Crippen molar-refractivity contribution >= 4 is 11.0 Å². The second kappa shape index (κ2) is 16.1. The fraction of sp³-hybridized carbons (Fsp3) is 0.0526. The zero-order chi connectivity index (χ0) is 42.2. The molecule has 0 amide bonds. The smallest absolute Gasteiger partial charge is 0.149 e. The van der Waals surface area contributed by atoms with Crippen molar-refractivity contribution in [3.8, 4) is 89.7 Å². The molecular weight excluding hydrogens is 743 g/mol. The molecule has 0 bridgehead atoms. The van der Waals surface area contributed by atoms with Crippen molar-refractivity contribution in [2.24, 2.45) is 0 Å². The number of hydrogen-bond donors (Lipinski definition) is 1. The maximum absolute atomic E-state index is 11.4. The Balaban J connectivity index is 1.17. The highest BCUT2D eigenvalue weighted by molar-refractivity contribution is 5.98. The van der Waals surface area contributed by atoms with Gasteiger partial charge in [-0.3, -0.25) is 9.55 Å². The highest BCUT2D eigenvalue weighted by Gasteiger charge is 2.23. The molecule has 2 aromatic heterocycles. The number of benzene rings is 8. The molecule has 8 aromatic carbocycles. The summed E-state index contributed by atoms with van der Waals surface area (Å²) in [4.78, 5) is 10.4. The molecule has 61 heavy (non-hydrogen) atoms. The Hall–Kier alpha value is -7.82. The minimum absolute atomic E-state index is 0.143.